The third-order valence-electron chi connectivity index (χ3n) is 4.58. The van der Waals surface area contributed by atoms with Gasteiger partial charge in [-0.1, -0.05) is 48.5 Å². The topological polar surface area (TPSA) is 55.6 Å². The minimum absolute atomic E-state index is 0.668. The van der Waals surface area contributed by atoms with Crippen LogP contribution < -0.4 is 5.32 Å². The molecule has 0 saturated carbocycles. The first kappa shape index (κ1) is 16.0. The van der Waals surface area contributed by atoms with Crippen molar-refractivity contribution in [3.05, 3.63) is 77.4 Å². The number of rotatable bonds is 4. The molecule has 0 saturated heterocycles. The minimum Gasteiger partial charge on any atom is -0.364 e. The molecule has 1 N–H and O–H groups in total. The number of fused-ring (bicyclic) bond motifs is 2. The summed E-state index contributed by atoms with van der Waals surface area (Å²) in [7, 11) is 0. The minimum atomic E-state index is 0.668. The summed E-state index contributed by atoms with van der Waals surface area (Å²) in [6.45, 7) is 2.77. The van der Waals surface area contributed by atoms with Crippen LogP contribution in [0.5, 0.6) is 0 Å². The molecule has 6 heteroatoms. The van der Waals surface area contributed by atoms with E-state index < -0.39 is 0 Å². The molecular formula is C21H17N5S. The van der Waals surface area contributed by atoms with Gasteiger partial charge in [0.2, 0.25) is 5.95 Å². The van der Waals surface area contributed by atoms with Gasteiger partial charge in [-0.25, -0.2) is 4.98 Å². The number of nitrogens with zero attached hydrogens (tertiary/aromatic N) is 4. The number of hydrogen-bond acceptors (Lipinski definition) is 5. The van der Waals surface area contributed by atoms with Gasteiger partial charge in [-0.05, 0) is 24.6 Å². The molecule has 0 spiro atoms. The van der Waals surface area contributed by atoms with Crippen molar-refractivity contribution in [2.24, 2.45) is 0 Å². The fraction of sp³-hybridized carbons (Fsp3) is 0.0952. The van der Waals surface area contributed by atoms with Crippen LogP contribution in [-0.2, 0) is 6.54 Å². The molecule has 0 atom stereocenters. The molecule has 0 aliphatic carbocycles. The second kappa shape index (κ2) is 6.48. The van der Waals surface area contributed by atoms with Crippen molar-refractivity contribution in [3.63, 3.8) is 0 Å². The van der Waals surface area contributed by atoms with Crippen LogP contribution in [0, 0.1) is 6.92 Å². The van der Waals surface area contributed by atoms with Crippen molar-refractivity contribution >= 4 is 38.4 Å². The van der Waals surface area contributed by atoms with Crippen LogP contribution in [0.4, 0.5) is 5.82 Å². The maximum Gasteiger partial charge on any atom is 0.237 e. The summed E-state index contributed by atoms with van der Waals surface area (Å²) in [6.07, 6.45) is 0. The molecule has 5 rings (SSSR count). The van der Waals surface area contributed by atoms with Gasteiger partial charge >= 0.3 is 0 Å². The molecule has 5 nitrogen and oxygen atoms in total. The Labute approximate surface area is 160 Å². The van der Waals surface area contributed by atoms with E-state index in [-0.39, 0.29) is 0 Å². The zero-order valence-corrected chi connectivity index (χ0v) is 15.6. The lowest BCUT2D eigenvalue weighted by Crippen LogP contribution is -2.08. The largest absolute Gasteiger partial charge is 0.364 e. The zero-order chi connectivity index (χ0) is 18.2. The molecule has 0 unspecified atom stereocenters. The van der Waals surface area contributed by atoms with Gasteiger partial charge in [0.25, 0.3) is 0 Å². The highest BCUT2D eigenvalue weighted by molar-refractivity contribution is 7.16. The van der Waals surface area contributed by atoms with Gasteiger partial charge in [-0.15, -0.1) is 11.3 Å². The lowest BCUT2D eigenvalue weighted by atomic mass is 10.2. The van der Waals surface area contributed by atoms with Crippen molar-refractivity contribution in [1.82, 2.24) is 19.5 Å². The smallest absolute Gasteiger partial charge is 0.237 e. The van der Waals surface area contributed by atoms with Crippen molar-refractivity contribution < 1.29 is 0 Å². The van der Waals surface area contributed by atoms with E-state index in [4.69, 9.17) is 9.97 Å². The lowest BCUT2D eigenvalue weighted by Gasteiger charge is -2.11. The molecule has 0 radical (unpaired) electrons. The van der Waals surface area contributed by atoms with Gasteiger partial charge in [0.1, 0.15) is 5.52 Å². The Morgan fingerprint density at radius 1 is 1.00 bits per heavy atom. The van der Waals surface area contributed by atoms with Gasteiger partial charge in [-0.2, -0.15) is 9.97 Å². The van der Waals surface area contributed by atoms with Gasteiger partial charge in [0.15, 0.2) is 10.6 Å². The van der Waals surface area contributed by atoms with E-state index in [1.54, 1.807) is 0 Å². The van der Waals surface area contributed by atoms with E-state index in [1.807, 2.05) is 35.8 Å². The first-order chi connectivity index (χ1) is 13.3. The number of para-hydroxylation sites is 1. The first-order valence-corrected chi connectivity index (χ1v) is 9.64. The second-order valence-corrected chi connectivity index (χ2v) is 7.23. The van der Waals surface area contributed by atoms with E-state index in [1.165, 1.54) is 22.3 Å². The van der Waals surface area contributed by atoms with E-state index in [9.17, 15) is 0 Å². The number of aromatic nitrogens is 4. The summed E-state index contributed by atoms with van der Waals surface area (Å²) in [5.41, 5.74) is 6.04. The molecule has 0 amide bonds. The number of thiazole rings is 1. The Hall–Kier alpha value is -3.25. The second-order valence-electron chi connectivity index (χ2n) is 6.40. The van der Waals surface area contributed by atoms with Crippen molar-refractivity contribution in [2.75, 3.05) is 5.32 Å². The third kappa shape index (κ3) is 2.84. The van der Waals surface area contributed by atoms with Crippen LogP contribution in [0.2, 0.25) is 0 Å². The summed E-state index contributed by atoms with van der Waals surface area (Å²) in [6, 6.07) is 20.7. The van der Waals surface area contributed by atoms with Gasteiger partial charge in [-0.3, -0.25) is 4.57 Å². The highest BCUT2D eigenvalue weighted by Crippen LogP contribution is 2.27. The average Bonchev–Trinajstić information content (AvgIpc) is 3.30. The van der Waals surface area contributed by atoms with E-state index in [0.29, 0.717) is 12.5 Å². The van der Waals surface area contributed by atoms with Crippen LogP contribution in [0.3, 0.4) is 0 Å². The number of aryl methyl sites for hydroxylation is 1. The monoisotopic (exact) mass is 371 g/mol. The fourth-order valence-corrected chi connectivity index (χ4v) is 3.97. The number of benzene rings is 2. The summed E-state index contributed by atoms with van der Waals surface area (Å²) >= 11 is 1.53. The Bertz CT molecular complexity index is 1240. The molecule has 27 heavy (non-hydrogen) atoms. The normalized spacial score (nSPS) is 11.3. The number of nitrogens with one attached hydrogen (secondary N) is 1. The standard InChI is InChI=1S/C21H17N5S/c1-14-11-16-9-5-6-10-17(16)26(14)21-24-19(18-20(25-21)27-13-23-18)22-12-15-7-3-2-4-8-15/h2-11,13H,12H2,1H3,(H,22,24,25). The predicted molar refractivity (Wildman–Crippen MR) is 111 cm³/mol. The summed E-state index contributed by atoms with van der Waals surface area (Å²) in [5, 5.41) is 4.62. The summed E-state index contributed by atoms with van der Waals surface area (Å²) in [4.78, 5) is 14.9. The fourth-order valence-electron chi connectivity index (χ4n) is 3.31. The van der Waals surface area contributed by atoms with Crippen LogP contribution in [0.25, 0.3) is 27.2 Å². The van der Waals surface area contributed by atoms with Crippen molar-refractivity contribution in [3.8, 4) is 5.95 Å². The number of hydrogen-bond donors (Lipinski definition) is 1. The maximum absolute atomic E-state index is 4.83. The Balaban J connectivity index is 1.62. The lowest BCUT2D eigenvalue weighted by molar-refractivity contribution is 0.940. The average molecular weight is 371 g/mol. The van der Waals surface area contributed by atoms with Gasteiger partial charge < -0.3 is 5.32 Å². The Morgan fingerprint density at radius 2 is 1.81 bits per heavy atom. The van der Waals surface area contributed by atoms with Crippen molar-refractivity contribution in [2.45, 2.75) is 13.5 Å². The summed E-state index contributed by atoms with van der Waals surface area (Å²) in [5.74, 6) is 1.43. The summed E-state index contributed by atoms with van der Waals surface area (Å²) < 4.78 is 2.10. The highest BCUT2D eigenvalue weighted by atomic mass is 32.1. The molecule has 0 aliphatic heterocycles. The molecule has 0 fully saturated rings. The molecule has 3 heterocycles. The molecule has 132 valence electrons. The predicted octanol–water partition coefficient (Wildman–Crippen LogP) is 4.95. The van der Waals surface area contributed by atoms with Crippen LogP contribution in [-0.4, -0.2) is 19.5 Å². The SMILES string of the molecule is Cc1cc2ccccc2n1-c1nc(NCc2ccccc2)c2ncsc2n1. The van der Waals surface area contributed by atoms with E-state index in [2.05, 4.69) is 52.1 Å². The van der Waals surface area contributed by atoms with Crippen molar-refractivity contribution in [1.29, 1.82) is 0 Å². The Kier molecular flexibility index (Phi) is 3.83. The highest BCUT2D eigenvalue weighted by Gasteiger charge is 2.15. The molecule has 0 bridgehead atoms. The Morgan fingerprint density at radius 3 is 2.70 bits per heavy atom. The van der Waals surface area contributed by atoms with E-state index in [0.717, 1.165) is 27.4 Å². The molecule has 0 aliphatic rings. The molecule has 2 aromatic carbocycles. The van der Waals surface area contributed by atoms with Crippen LogP contribution in [0.1, 0.15) is 11.3 Å². The van der Waals surface area contributed by atoms with Gasteiger partial charge in [0, 0.05) is 17.6 Å². The van der Waals surface area contributed by atoms with Crippen LogP contribution >= 0.6 is 11.3 Å². The molecular weight excluding hydrogens is 354 g/mol. The third-order valence-corrected chi connectivity index (χ3v) is 5.30. The zero-order valence-electron chi connectivity index (χ0n) is 14.8. The number of anilines is 1. The molecule has 5 aromatic rings. The van der Waals surface area contributed by atoms with Crippen LogP contribution in [0.15, 0.2) is 66.2 Å². The first-order valence-electron chi connectivity index (χ1n) is 8.76. The van der Waals surface area contributed by atoms with E-state index >= 15 is 0 Å². The quantitative estimate of drug-likeness (QED) is 0.486. The maximum atomic E-state index is 4.83. The van der Waals surface area contributed by atoms with Gasteiger partial charge in [0.05, 0.1) is 11.0 Å². The molecule has 3 aromatic heterocycles.